The third kappa shape index (κ3) is 5.72. The van der Waals surface area contributed by atoms with Crippen LogP contribution in [-0.2, 0) is 16.6 Å². The van der Waals surface area contributed by atoms with Gasteiger partial charge in [0, 0.05) is 76.2 Å². The number of nitrogens with zero attached hydrogens (tertiary/aromatic N) is 6. The van der Waals surface area contributed by atoms with Crippen molar-refractivity contribution in [1.82, 2.24) is 18.8 Å². The fraction of sp³-hybridized carbons (Fsp3) is 0.256. The van der Waals surface area contributed by atoms with Crippen molar-refractivity contribution in [2.24, 2.45) is 0 Å². The fourth-order valence-corrected chi connectivity index (χ4v) is 8.68. The van der Waals surface area contributed by atoms with Crippen LogP contribution in [0.15, 0.2) is 120 Å². The van der Waals surface area contributed by atoms with Gasteiger partial charge in [-0.3, -0.25) is 4.90 Å². The zero-order valence-electron chi connectivity index (χ0n) is 27.2. The zero-order chi connectivity index (χ0) is 32.7. The molecule has 2 aliphatic rings. The number of hydrogen-bond acceptors (Lipinski definition) is 7. The molecule has 6 aromatic rings. The molecule has 0 spiro atoms. The lowest BCUT2D eigenvalue weighted by Gasteiger charge is -2.36. The molecule has 4 heterocycles. The van der Waals surface area contributed by atoms with E-state index in [1.54, 1.807) is 30.5 Å². The molecular weight excluding hydrogens is 617 g/mol. The number of aromatic nitrogens is 2. The maximum Gasteiger partial charge on any atom is 0.269 e. The highest BCUT2D eigenvalue weighted by molar-refractivity contribution is 7.90. The molecule has 48 heavy (non-hydrogen) atoms. The maximum atomic E-state index is 14.3. The first kappa shape index (κ1) is 30.6. The van der Waals surface area contributed by atoms with Gasteiger partial charge in [-0.1, -0.05) is 66.7 Å². The summed E-state index contributed by atoms with van der Waals surface area (Å²) in [5.74, 6) is 0. The van der Waals surface area contributed by atoms with Crippen LogP contribution in [0.3, 0.4) is 0 Å². The predicted octanol–water partition coefficient (Wildman–Crippen LogP) is 6.17. The highest BCUT2D eigenvalue weighted by Crippen LogP contribution is 2.39. The maximum absolute atomic E-state index is 14.3. The molecule has 0 amide bonds. The molecular formula is C39H40N6O2S. The Kier molecular flexibility index (Phi) is 8.12. The minimum absolute atomic E-state index is 0.245. The van der Waals surface area contributed by atoms with Gasteiger partial charge in [0.2, 0.25) is 0 Å². The Hall–Kier alpha value is -4.70. The van der Waals surface area contributed by atoms with E-state index in [0.29, 0.717) is 11.2 Å². The molecule has 0 unspecified atom stereocenters. The van der Waals surface area contributed by atoms with Crippen molar-refractivity contribution in [2.75, 3.05) is 69.2 Å². The Morgan fingerprint density at radius 2 is 1.31 bits per heavy atom. The summed E-state index contributed by atoms with van der Waals surface area (Å²) >= 11 is 0. The monoisotopic (exact) mass is 656 g/mol. The van der Waals surface area contributed by atoms with Gasteiger partial charge in [-0.15, -0.1) is 0 Å². The normalized spacial score (nSPS) is 16.6. The van der Waals surface area contributed by atoms with E-state index in [0.717, 1.165) is 86.5 Å². The molecule has 2 aromatic heterocycles. The summed E-state index contributed by atoms with van der Waals surface area (Å²) < 4.78 is 30.0. The number of fused-ring (bicyclic) bond motifs is 3. The van der Waals surface area contributed by atoms with Crippen molar-refractivity contribution in [2.45, 2.75) is 11.4 Å². The summed E-state index contributed by atoms with van der Waals surface area (Å²) in [6, 6.07) is 36.2. The van der Waals surface area contributed by atoms with Crippen LogP contribution >= 0.6 is 0 Å². The highest BCUT2D eigenvalue weighted by atomic mass is 32.2. The largest absolute Gasteiger partial charge is 0.369 e. The molecule has 2 fully saturated rings. The van der Waals surface area contributed by atoms with Crippen molar-refractivity contribution >= 4 is 43.3 Å². The molecule has 8 nitrogen and oxygen atoms in total. The summed E-state index contributed by atoms with van der Waals surface area (Å²) in [6.45, 7) is 8.62. The molecule has 0 atom stereocenters. The first-order chi connectivity index (χ1) is 23.5. The molecule has 0 saturated carbocycles. The van der Waals surface area contributed by atoms with Gasteiger partial charge in [-0.05, 0) is 66.2 Å². The summed E-state index contributed by atoms with van der Waals surface area (Å²) in [6.07, 6.45) is 1.75. The summed E-state index contributed by atoms with van der Waals surface area (Å²) in [4.78, 5) is 14.7. The van der Waals surface area contributed by atoms with Crippen LogP contribution in [0.2, 0.25) is 0 Å². The second-order valence-corrected chi connectivity index (χ2v) is 14.7. The first-order valence-corrected chi connectivity index (χ1v) is 18.2. The third-order valence-electron chi connectivity index (χ3n) is 9.90. The SMILES string of the molecule is CN1CCN(c2ccc(-c3ccc4c(c3)c3c(N5CCN(Cc6ccccc6)CC5)ccnc3n4S(=O)(=O)c3ccccc3)cc2)CC1. The molecule has 0 radical (unpaired) electrons. The van der Waals surface area contributed by atoms with Gasteiger partial charge in [0.1, 0.15) is 0 Å². The topological polar surface area (TPSA) is 64.9 Å². The van der Waals surface area contributed by atoms with Crippen LogP contribution in [0.1, 0.15) is 5.56 Å². The van der Waals surface area contributed by atoms with Crippen molar-refractivity contribution < 1.29 is 8.42 Å². The smallest absolute Gasteiger partial charge is 0.269 e. The minimum Gasteiger partial charge on any atom is -0.369 e. The van der Waals surface area contributed by atoms with Gasteiger partial charge in [-0.2, -0.15) is 0 Å². The summed E-state index contributed by atoms with van der Waals surface area (Å²) in [7, 11) is -1.75. The Morgan fingerprint density at radius 3 is 2.02 bits per heavy atom. The lowest BCUT2D eigenvalue weighted by atomic mass is 10.0. The van der Waals surface area contributed by atoms with Gasteiger partial charge in [-0.25, -0.2) is 17.4 Å². The van der Waals surface area contributed by atoms with Crippen LogP contribution in [0.25, 0.3) is 33.1 Å². The standard InChI is InChI=1S/C39H40N6O2S/c1-41-20-24-43(25-21-41)33-15-12-31(13-16-33)32-14-17-36-35(28-32)38-37(44-26-22-42(23-27-44)29-30-8-4-2-5-9-30)18-19-40-39(38)45(36)48(46,47)34-10-6-3-7-11-34/h2-19,28H,20-27,29H2,1H3. The Labute approximate surface area is 282 Å². The van der Waals surface area contributed by atoms with E-state index in [4.69, 9.17) is 4.98 Å². The predicted molar refractivity (Wildman–Crippen MR) is 195 cm³/mol. The van der Waals surface area contributed by atoms with E-state index in [9.17, 15) is 8.42 Å². The van der Waals surface area contributed by atoms with E-state index in [1.807, 2.05) is 24.3 Å². The number of likely N-dealkylation sites (N-methyl/N-ethyl adjacent to an activating group) is 1. The van der Waals surface area contributed by atoms with Crippen LogP contribution in [-0.4, -0.2) is 86.6 Å². The molecule has 8 rings (SSSR count). The second kappa shape index (κ2) is 12.7. The van der Waals surface area contributed by atoms with Crippen LogP contribution in [0.4, 0.5) is 11.4 Å². The molecule has 2 aliphatic heterocycles. The highest BCUT2D eigenvalue weighted by Gasteiger charge is 2.28. The molecule has 0 bridgehead atoms. The first-order valence-electron chi connectivity index (χ1n) is 16.7. The van der Waals surface area contributed by atoms with E-state index in [2.05, 4.69) is 87.3 Å². The molecule has 244 valence electrons. The van der Waals surface area contributed by atoms with Gasteiger partial charge in [0.15, 0.2) is 5.65 Å². The number of piperazine rings is 2. The second-order valence-electron chi connectivity index (χ2n) is 12.9. The average Bonchev–Trinajstić information content (AvgIpc) is 3.48. The van der Waals surface area contributed by atoms with Gasteiger partial charge in [0.25, 0.3) is 10.0 Å². The van der Waals surface area contributed by atoms with E-state index >= 15 is 0 Å². The van der Waals surface area contributed by atoms with Gasteiger partial charge >= 0.3 is 0 Å². The molecule has 0 N–H and O–H groups in total. The molecule has 4 aromatic carbocycles. The number of rotatable bonds is 7. The number of anilines is 2. The minimum atomic E-state index is -3.92. The van der Waals surface area contributed by atoms with Crippen molar-refractivity contribution in [3.05, 3.63) is 121 Å². The van der Waals surface area contributed by atoms with Crippen molar-refractivity contribution in [3.8, 4) is 11.1 Å². The Morgan fingerprint density at radius 1 is 0.667 bits per heavy atom. The van der Waals surface area contributed by atoms with Gasteiger partial charge in [0.05, 0.1) is 21.5 Å². The van der Waals surface area contributed by atoms with E-state index in [-0.39, 0.29) is 4.90 Å². The van der Waals surface area contributed by atoms with E-state index in [1.165, 1.54) is 15.2 Å². The Balaban J connectivity index is 1.20. The zero-order valence-corrected chi connectivity index (χ0v) is 28.1. The summed E-state index contributed by atoms with van der Waals surface area (Å²) in [5.41, 5.74) is 6.81. The fourth-order valence-electron chi connectivity index (χ4n) is 7.18. The van der Waals surface area contributed by atoms with Crippen molar-refractivity contribution in [3.63, 3.8) is 0 Å². The van der Waals surface area contributed by atoms with Gasteiger partial charge < -0.3 is 14.7 Å². The molecule has 2 saturated heterocycles. The molecule has 0 aliphatic carbocycles. The number of benzene rings is 4. The average molecular weight is 657 g/mol. The lowest BCUT2D eigenvalue weighted by Crippen LogP contribution is -2.46. The Bertz CT molecular complexity index is 2150. The van der Waals surface area contributed by atoms with Crippen molar-refractivity contribution in [1.29, 1.82) is 0 Å². The number of hydrogen-bond donors (Lipinski definition) is 0. The summed E-state index contributed by atoms with van der Waals surface area (Å²) in [5, 5.41) is 1.76. The number of pyridine rings is 1. The van der Waals surface area contributed by atoms with Crippen LogP contribution in [0, 0.1) is 0 Å². The lowest BCUT2D eigenvalue weighted by molar-refractivity contribution is 0.250. The van der Waals surface area contributed by atoms with E-state index < -0.39 is 10.0 Å². The third-order valence-corrected chi connectivity index (χ3v) is 11.6. The van der Waals surface area contributed by atoms with Crippen LogP contribution in [0.5, 0.6) is 0 Å². The van der Waals surface area contributed by atoms with Crippen LogP contribution < -0.4 is 9.80 Å². The molecule has 9 heteroatoms. The quantitative estimate of drug-likeness (QED) is 0.204.